The molecule has 0 bridgehead atoms. The molecule has 0 aromatic heterocycles. The molecule has 30 heavy (non-hydrogen) atoms. The van der Waals surface area contributed by atoms with Gasteiger partial charge in [-0.2, -0.15) is 12.7 Å². The minimum Gasteiger partial charge on any atom is -0.372 e. The van der Waals surface area contributed by atoms with E-state index in [-0.39, 0.29) is 12.2 Å². The van der Waals surface area contributed by atoms with E-state index >= 15 is 0 Å². The van der Waals surface area contributed by atoms with Crippen LogP contribution in [0.1, 0.15) is 19.4 Å². The molecule has 2 aromatic rings. The van der Waals surface area contributed by atoms with E-state index in [2.05, 4.69) is 24.1 Å². The van der Waals surface area contributed by atoms with Gasteiger partial charge in [0, 0.05) is 39.4 Å². The van der Waals surface area contributed by atoms with Gasteiger partial charge in [-0.3, -0.25) is 4.79 Å². The van der Waals surface area contributed by atoms with E-state index in [0.29, 0.717) is 0 Å². The maximum absolute atomic E-state index is 14.2. The second-order valence-electron chi connectivity index (χ2n) is 6.86. The van der Waals surface area contributed by atoms with Crippen LogP contribution in [0, 0.1) is 5.82 Å². The summed E-state index contributed by atoms with van der Waals surface area (Å²) in [5, 5.41) is 2.71. The van der Waals surface area contributed by atoms with Crippen molar-refractivity contribution in [3.63, 3.8) is 0 Å². The highest BCUT2D eigenvalue weighted by molar-refractivity contribution is 7.90. The first-order valence-corrected chi connectivity index (χ1v) is 11.2. The van der Waals surface area contributed by atoms with Crippen molar-refractivity contribution in [2.24, 2.45) is 0 Å². The summed E-state index contributed by atoms with van der Waals surface area (Å²) in [6.45, 7) is 5.68. The molecule has 7 nitrogen and oxygen atoms in total. The fourth-order valence-electron chi connectivity index (χ4n) is 2.94. The van der Waals surface area contributed by atoms with Crippen molar-refractivity contribution in [3.05, 3.63) is 59.9 Å². The van der Waals surface area contributed by atoms with Crippen molar-refractivity contribution >= 4 is 27.5 Å². The molecule has 0 unspecified atom stereocenters. The van der Waals surface area contributed by atoms with Crippen LogP contribution >= 0.6 is 0 Å². The minimum atomic E-state index is -4.05. The monoisotopic (exact) mass is 436 g/mol. The zero-order valence-corrected chi connectivity index (χ0v) is 18.6. The first-order valence-electron chi connectivity index (χ1n) is 9.76. The predicted molar refractivity (Wildman–Crippen MR) is 118 cm³/mol. The van der Waals surface area contributed by atoms with E-state index in [1.807, 2.05) is 24.3 Å². The van der Waals surface area contributed by atoms with Crippen LogP contribution in [0.25, 0.3) is 0 Å². The molecule has 1 amide bonds. The quantitative estimate of drug-likeness (QED) is 0.621. The molecule has 1 N–H and O–H groups in total. The number of hydrogen-bond acceptors (Lipinski definition) is 4. The minimum absolute atomic E-state index is 0.176. The van der Waals surface area contributed by atoms with Gasteiger partial charge in [-0.15, -0.1) is 0 Å². The van der Waals surface area contributed by atoms with Gasteiger partial charge in [0.2, 0.25) is 5.91 Å². The molecule has 0 saturated heterocycles. The summed E-state index contributed by atoms with van der Waals surface area (Å²) in [6, 6.07) is 13.3. The molecule has 9 heteroatoms. The zero-order valence-electron chi connectivity index (χ0n) is 17.8. The standard InChI is InChI=1S/C21H29FN4O3S/c1-5-25(6-2)18-13-11-17(12-14-18)15-23-21(27)16-26(30(28,29)24(3)4)20-10-8-7-9-19(20)22/h7-14H,5-6,15-16H2,1-4H3,(H,23,27). The van der Waals surface area contributed by atoms with E-state index in [1.54, 1.807) is 0 Å². The van der Waals surface area contributed by atoms with Gasteiger partial charge >= 0.3 is 10.2 Å². The maximum Gasteiger partial charge on any atom is 0.304 e. The van der Waals surface area contributed by atoms with Crippen molar-refractivity contribution in [1.29, 1.82) is 0 Å². The SMILES string of the molecule is CCN(CC)c1ccc(CNC(=O)CN(c2ccccc2F)S(=O)(=O)N(C)C)cc1. The number of anilines is 2. The molecular weight excluding hydrogens is 407 g/mol. The Bertz CT molecular complexity index is 945. The smallest absolute Gasteiger partial charge is 0.304 e. The fraction of sp³-hybridized carbons (Fsp3) is 0.381. The van der Waals surface area contributed by atoms with Gasteiger partial charge in [0.1, 0.15) is 12.4 Å². The molecule has 0 saturated carbocycles. The van der Waals surface area contributed by atoms with Gasteiger partial charge in [0.25, 0.3) is 0 Å². The number of halogens is 1. The Labute approximate surface area is 178 Å². The Hall–Kier alpha value is -2.65. The molecule has 2 rings (SSSR count). The molecule has 0 radical (unpaired) electrons. The third kappa shape index (κ3) is 5.70. The lowest BCUT2D eigenvalue weighted by atomic mass is 10.2. The highest BCUT2D eigenvalue weighted by Crippen LogP contribution is 2.22. The van der Waals surface area contributed by atoms with E-state index in [0.717, 1.165) is 39.0 Å². The Morgan fingerprint density at radius 2 is 1.60 bits per heavy atom. The number of nitrogens with one attached hydrogen (secondary N) is 1. The summed E-state index contributed by atoms with van der Waals surface area (Å²) < 4.78 is 41.2. The van der Waals surface area contributed by atoms with Crippen molar-refractivity contribution in [3.8, 4) is 0 Å². The molecule has 0 fully saturated rings. The van der Waals surface area contributed by atoms with Crippen LogP contribution in [0.4, 0.5) is 15.8 Å². The van der Waals surface area contributed by atoms with Crippen molar-refractivity contribution in [2.75, 3.05) is 42.9 Å². The lowest BCUT2D eigenvalue weighted by Crippen LogP contribution is -2.46. The van der Waals surface area contributed by atoms with Gasteiger partial charge in [0.15, 0.2) is 0 Å². The Morgan fingerprint density at radius 1 is 1.00 bits per heavy atom. The largest absolute Gasteiger partial charge is 0.372 e. The first kappa shape index (κ1) is 23.6. The zero-order chi connectivity index (χ0) is 22.3. The van der Waals surface area contributed by atoms with E-state index in [9.17, 15) is 17.6 Å². The van der Waals surface area contributed by atoms with Gasteiger partial charge in [-0.25, -0.2) is 8.70 Å². The first-order chi connectivity index (χ1) is 14.2. The van der Waals surface area contributed by atoms with Crippen LogP contribution < -0.4 is 14.5 Å². The molecule has 0 atom stereocenters. The average molecular weight is 437 g/mol. The number of para-hydroxylation sites is 1. The molecule has 164 valence electrons. The number of rotatable bonds is 10. The number of nitrogens with zero attached hydrogens (tertiary/aromatic N) is 3. The third-order valence-corrected chi connectivity index (χ3v) is 6.51. The van der Waals surface area contributed by atoms with Gasteiger partial charge in [0.05, 0.1) is 5.69 Å². The summed E-state index contributed by atoms with van der Waals surface area (Å²) in [6.07, 6.45) is 0. The summed E-state index contributed by atoms with van der Waals surface area (Å²) in [5.41, 5.74) is 1.80. The van der Waals surface area contributed by atoms with Gasteiger partial charge < -0.3 is 10.2 Å². The Morgan fingerprint density at radius 3 is 2.13 bits per heavy atom. The summed E-state index contributed by atoms with van der Waals surface area (Å²) in [4.78, 5) is 14.7. The number of hydrogen-bond donors (Lipinski definition) is 1. The van der Waals surface area contributed by atoms with Crippen LogP contribution in [0.5, 0.6) is 0 Å². The summed E-state index contributed by atoms with van der Waals surface area (Å²) >= 11 is 0. The van der Waals surface area contributed by atoms with Gasteiger partial charge in [-0.1, -0.05) is 24.3 Å². The lowest BCUT2D eigenvalue weighted by Gasteiger charge is -2.27. The van der Waals surface area contributed by atoms with E-state index in [4.69, 9.17) is 0 Å². The highest BCUT2D eigenvalue weighted by Gasteiger charge is 2.29. The van der Waals surface area contributed by atoms with Gasteiger partial charge in [-0.05, 0) is 43.7 Å². The second kappa shape index (κ2) is 10.4. The third-order valence-electron chi connectivity index (χ3n) is 4.70. The molecule has 0 aliphatic carbocycles. The number of carbonyl (C=O) groups is 1. The Kier molecular flexibility index (Phi) is 8.19. The van der Waals surface area contributed by atoms with Crippen LogP contribution in [-0.2, 0) is 21.5 Å². The van der Waals surface area contributed by atoms with E-state index in [1.165, 1.54) is 32.3 Å². The van der Waals surface area contributed by atoms with Crippen LogP contribution in [0.3, 0.4) is 0 Å². The van der Waals surface area contributed by atoms with Crippen LogP contribution in [0.15, 0.2) is 48.5 Å². The van der Waals surface area contributed by atoms with Crippen molar-refractivity contribution in [1.82, 2.24) is 9.62 Å². The average Bonchev–Trinajstić information content (AvgIpc) is 2.72. The normalized spacial score (nSPS) is 11.4. The molecule has 2 aromatic carbocycles. The van der Waals surface area contributed by atoms with Crippen LogP contribution in [-0.4, -0.2) is 52.4 Å². The predicted octanol–water partition coefficient (Wildman–Crippen LogP) is 2.60. The van der Waals surface area contributed by atoms with Crippen molar-refractivity contribution in [2.45, 2.75) is 20.4 Å². The van der Waals surface area contributed by atoms with Crippen molar-refractivity contribution < 1.29 is 17.6 Å². The molecule has 0 heterocycles. The highest BCUT2D eigenvalue weighted by atomic mass is 32.2. The van der Waals surface area contributed by atoms with Crippen LogP contribution in [0.2, 0.25) is 0 Å². The topological polar surface area (TPSA) is 73.0 Å². The lowest BCUT2D eigenvalue weighted by molar-refractivity contribution is -0.119. The molecule has 0 aliphatic heterocycles. The molecular formula is C21H29FN4O3S. The number of carbonyl (C=O) groups excluding carboxylic acids is 1. The second-order valence-corrected chi connectivity index (χ2v) is 8.93. The molecule has 0 aliphatic rings. The number of benzene rings is 2. The maximum atomic E-state index is 14.2. The summed E-state index contributed by atoms with van der Waals surface area (Å²) in [7, 11) is -1.39. The molecule has 0 spiro atoms. The fourth-order valence-corrected chi connectivity index (χ4v) is 4.01. The van der Waals surface area contributed by atoms with E-state index < -0.39 is 28.5 Å². The number of amides is 1. The Balaban J connectivity index is 2.11. The summed E-state index contributed by atoms with van der Waals surface area (Å²) in [5.74, 6) is -1.25.